The van der Waals surface area contributed by atoms with E-state index in [1.54, 1.807) is 0 Å². The van der Waals surface area contributed by atoms with Crippen molar-refractivity contribution < 1.29 is 9.31 Å². The normalized spacial score (nSPS) is 24.7. The van der Waals surface area contributed by atoms with Crippen molar-refractivity contribution in [1.82, 2.24) is 15.0 Å². The lowest BCUT2D eigenvalue weighted by Gasteiger charge is -2.57. The van der Waals surface area contributed by atoms with E-state index in [0.29, 0.717) is 22.9 Å². The lowest BCUT2D eigenvalue weighted by molar-refractivity contribution is -0.00518. The number of nitrogens with zero attached hydrogens (tertiary/aromatic N) is 3. The number of rotatable bonds is 7. The largest absolute Gasteiger partial charge is 0.495 e. The Morgan fingerprint density at radius 1 is 0.473 bits per heavy atom. The van der Waals surface area contributed by atoms with Gasteiger partial charge in [0.2, 0.25) is 0 Å². The van der Waals surface area contributed by atoms with Gasteiger partial charge in [0.05, 0.1) is 11.2 Å². The van der Waals surface area contributed by atoms with E-state index in [4.69, 9.17) is 24.3 Å². The van der Waals surface area contributed by atoms with Crippen LogP contribution in [0.2, 0.25) is 0 Å². The summed E-state index contributed by atoms with van der Waals surface area (Å²) in [5.74, 6) is 4.67. The molecule has 5 nitrogen and oxygen atoms in total. The van der Waals surface area contributed by atoms with Gasteiger partial charge >= 0.3 is 7.12 Å². The third kappa shape index (κ3) is 6.15. The van der Waals surface area contributed by atoms with Gasteiger partial charge in [-0.3, -0.25) is 0 Å². The minimum atomic E-state index is -0.488. The molecule has 1 saturated heterocycles. The van der Waals surface area contributed by atoms with E-state index < -0.39 is 18.3 Å². The minimum Gasteiger partial charge on any atom is -0.399 e. The zero-order chi connectivity index (χ0) is 37.4. The highest BCUT2D eigenvalue weighted by molar-refractivity contribution is 6.64. The number of hydrogen-bond donors (Lipinski definition) is 0. The predicted octanol–water partition coefficient (Wildman–Crippen LogP) is 11.0. The van der Waals surface area contributed by atoms with E-state index in [2.05, 4.69) is 119 Å². The van der Waals surface area contributed by atoms with Crippen molar-refractivity contribution in [2.45, 2.75) is 82.8 Å². The summed E-state index contributed by atoms with van der Waals surface area (Å²) in [6.07, 6.45) is 8.44. The first-order valence-corrected chi connectivity index (χ1v) is 20.2. The van der Waals surface area contributed by atoms with Crippen molar-refractivity contribution in [3.8, 4) is 56.4 Å². The quantitative estimate of drug-likeness (QED) is 0.154. The van der Waals surface area contributed by atoms with Gasteiger partial charge in [-0.25, -0.2) is 15.0 Å². The van der Waals surface area contributed by atoms with E-state index in [1.807, 2.05) is 36.4 Å². The van der Waals surface area contributed by atoms with Crippen molar-refractivity contribution in [3.05, 3.63) is 133 Å². The molecule has 4 bridgehead atoms. The molecule has 0 radical (unpaired) electrons. The van der Waals surface area contributed by atoms with E-state index >= 15 is 0 Å². The SMILES string of the molecule is CC1(C)OB(c2ccc(-c3ccccc3-c3nc(-c4ccccc4)nc(-c4ccccc4)n3)cc2-c2ccc(C34CC5CC(CC(C5)C3)C4)cc2)OC1(C)C. The van der Waals surface area contributed by atoms with Crippen LogP contribution in [0.25, 0.3) is 56.4 Å². The molecule has 5 aromatic carbocycles. The summed E-state index contributed by atoms with van der Waals surface area (Å²) < 4.78 is 13.4. The smallest absolute Gasteiger partial charge is 0.399 e. The van der Waals surface area contributed by atoms with Crippen molar-refractivity contribution in [2.75, 3.05) is 0 Å². The Bertz CT molecular complexity index is 2270. The average Bonchev–Trinajstić information content (AvgIpc) is 3.43. The van der Waals surface area contributed by atoms with Crippen LogP contribution in [0.5, 0.6) is 0 Å². The van der Waals surface area contributed by atoms with Gasteiger partial charge in [-0.2, -0.15) is 0 Å². The molecule has 6 heteroatoms. The zero-order valence-corrected chi connectivity index (χ0v) is 32.3. The molecule has 4 aliphatic carbocycles. The second-order valence-electron chi connectivity index (χ2n) is 17.7. The number of aromatic nitrogens is 3. The summed E-state index contributed by atoms with van der Waals surface area (Å²) in [7, 11) is -0.488. The highest BCUT2D eigenvalue weighted by atomic mass is 16.7. The topological polar surface area (TPSA) is 57.1 Å². The summed E-state index contributed by atoms with van der Waals surface area (Å²) in [6, 6.07) is 45.1. The Balaban J connectivity index is 1.09. The monoisotopic (exact) mass is 721 g/mol. The number of hydrogen-bond acceptors (Lipinski definition) is 5. The molecule has 0 spiro atoms. The second-order valence-corrected chi connectivity index (χ2v) is 17.7. The molecule has 4 saturated carbocycles. The Hall–Kier alpha value is -4.91. The molecule has 2 heterocycles. The van der Waals surface area contributed by atoms with Gasteiger partial charge in [0.15, 0.2) is 17.5 Å². The van der Waals surface area contributed by atoms with Crippen LogP contribution < -0.4 is 5.46 Å². The van der Waals surface area contributed by atoms with E-state index in [1.165, 1.54) is 49.7 Å². The maximum absolute atomic E-state index is 6.70. The third-order valence-corrected chi connectivity index (χ3v) is 13.6. The highest BCUT2D eigenvalue weighted by Crippen LogP contribution is 2.60. The molecule has 11 rings (SSSR count). The van der Waals surface area contributed by atoms with Crippen LogP contribution in [0.4, 0.5) is 0 Å². The maximum Gasteiger partial charge on any atom is 0.495 e. The molecule has 6 aromatic rings. The molecule has 55 heavy (non-hydrogen) atoms. The van der Waals surface area contributed by atoms with E-state index in [-0.39, 0.29) is 0 Å². The van der Waals surface area contributed by atoms with Gasteiger partial charge in [0.1, 0.15) is 0 Å². The average molecular weight is 722 g/mol. The van der Waals surface area contributed by atoms with Gasteiger partial charge in [0.25, 0.3) is 0 Å². The van der Waals surface area contributed by atoms with E-state index in [0.717, 1.165) is 56.6 Å². The van der Waals surface area contributed by atoms with Gasteiger partial charge in [-0.15, -0.1) is 0 Å². The van der Waals surface area contributed by atoms with Crippen LogP contribution in [0, 0.1) is 17.8 Å². The van der Waals surface area contributed by atoms with Gasteiger partial charge < -0.3 is 9.31 Å². The maximum atomic E-state index is 6.70. The standard InChI is InChI=1S/C49H48BN3O2/c1-47(2)48(3,4)55-50(54-47)43-24-21-38(28-42(43)35-19-22-39(23-20-35)49-29-32-25-33(30-49)27-34(26-32)31-49)40-17-11-12-18-41(40)46-52-44(36-13-7-5-8-14-36)51-45(53-46)37-15-9-6-10-16-37/h5-24,28,32-34H,25-27,29-31H2,1-4H3. The van der Waals surface area contributed by atoms with Gasteiger partial charge in [-0.05, 0) is 129 Å². The van der Waals surface area contributed by atoms with Crippen molar-refractivity contribution >= 4 is 12.6 Å². The Morgan fingerprint density at radius 2 is 0.945 bits per heavy atom. The number of benzene rings is 5. The second kappa shape index (κ2) is 13.1. The zero-order valence-electron chi connectivity index (χ0n) is 32.3. The summed E-state index contributed by atoms with van der Waals surface area (Å²) in [6.45, 7) is 8.50. The molecule has 0 unspecified atom stereocenters. The van der Waals surface area contributed by atoms with Crippen LogP contribution in [-0.2, 0) is 14.7 Å². The summed E-state index contributed by atoms with van der Waals surface area (Å²) in [5.41, 5.74) is 9.31. The fourth-order valence-electron chi connectivity index (χ4n) is 10.5. The van der Waals surface area contributed by atoms with Crippen LogP contribution in [0.15, 0.2) is 127 Å². The molecular formula is C49H48BN3O2. The third-order valence-electron chi connectivity index (χ3n) is 13.6. The first kappa shape index (κ1) is 34.6. The summed E-state index contributed by atoms with van der Waals surface area (Å²) in [5, 5.41) is 0. The fraction of sp³-hybridized carbons (Fsp3) is 0.327. The highest BCUT2D eigenvalue weighted by Gasteiger charge is 2.53. The fourth-order valence-corrected chi connectivity index (χ4v) is 10.5. The van der Waals surface area contributed by atoms with Crippen molar-refractivity contribution in [1.29, 1.82) is 0 Å². The van der Waals surface area contributed by atoms with Crippen molar-refractivity contribution in [3.63, 3.8) is 0 Å². The summed E-state index contributed by atoms with van der Waals surface area (Å²) >= 11 is 0. The Labute approximate surface area is 325 Å². The Kier molecular flexibility index (Phi) is 8.24. The molecular weight excluding hydrogens is 673 g/mol. The minimum absolute atomic E-state index is 0.352. The lowest BCUT2D eigenvalue weighted by atomic mass is 9.48. The molecule has 5 aliphatic rings. The molecule has 0 N–H and O–H groups in total. The van der Waals surface area contributed by atoms with Crippen LogP contribution >= 0.6 is 0 Å². The predicted molar refractivity (Wildman–Crippen MR) is 223 cm³/mol. The van der Waals surface area contributed by atoms with Crippen LogP contribution in [0.3, 0.4) is 0 Å². The Morgan fingerprint density at radius 3 is 1.49 bits per heavy atom. The molecule has 1 aromatic heterocycles. The molecule has 5 fully saturated rings. The molecule has 0 atom stereocenters. The molecule has 274 valence electrons. The molecule has 1 aliphatic heterocycles. The first-order valence-electron chi connectivity index (χ1n) is 20.2. The first-order chi connectivity index (χ1) is 26.6. The summed E-state index contributed by atoms with van der Waals surface area (Å²) in [4.78, 5) is 15.2. The van der Waals surface area contributed by atoms with Crippen molar-refractivity contribution in [2.24, 2.45) is 17.8 Å². The van der Waals surface area contributed by atoms with Crippen LogP contribution in [-0.4, -0.2) is 33.3 Å². The molecule has 0 amide bonds. The van der Waals surface area contributed by atoms with Gasteiger partial charge in [-0.1, -0.05) is 121 Å². The van der Waals surface area contributed by atoms with E-state index in [9.17, 15) is 0 Å². The van der Waals surface area contributed by atoms with Gasteiger partial charge in [0, 0.05) is 16.7 Å². The lowest BCUT2D eigenvalue weighted by Crippen LogP contribution is -2.48. The van der Waals surface area contributed by atoms with Crippen LogP contribution in [0.1, 0.15) is 71.8 Å².